The number of benzene rings is 1. The Kier molecular flexibility index (Phi) is 2.80. The van der Waals surface area contributed by atoms with Crippen molar-refractivity contribution in [3.05, 3.63) is 34.9 Å². The minimum absolute atomic E-state index is 0.00968. The fraction of sp³-hybridized carbons (Fsp3) is 0.300. The molecule has 0 amide bonds. The summed E-state index contributed by atoms with van der Waals surface area (Å²) < 4.78 is 36.8. The fourth-order valence-electron chi connectivity index (χ4n) is 1.12. The van der Waals surface area contributed by atoms with Crippen molar-refractivity contribution in [1.29, 1.82) is 5.26 Å². The van der Waals surface area contributed by atoms with Gasteiger partial charge in [0.1, 0.15) is 0 Å². The predicted octanol–water partition coefficient (Wildman–Crippen LogP) is 3.08. The van der Waals surface area contributed by atoms with Crippen molar-refractivity contribution in [3.63, 3.8) is 0 Å². The highest BCUT2D eigenvalue weighted by Gasteiger charge is 2.30. The molecule has 0 aliphatic rings. The Labute approximate surface area is 79.8 Å². The Balaban J connectivity index is 3.14. The van der Waals surface area contributed by atoms with Gasteiger partial charge in [0, 0.05) is 0 Å². The van der Waals surface area contributed by atoms with Gasteiger partial charge in [-0.2, -0.15) is 18.4 Å². The molecule has 1 rings (SSSR count). The minimum Gasteiger partial charge on any atom is -0.198 e. The van der Waals surface area contributed by atoms with Crippen LogP contribution in [-0.2, 0) is 12.6 Å². The molecule has 0 bridgehead atoms. The van der Waals surface area contributed by atoms with Gasteiger partial charge in [0.25, 0.3) is 0 Å². The lowest BCUT2D eigenvalue weighted by Crippen LogP contribution is -2.06. The molecule has 14 heavy (non-hydrogen) atoms. The van der Waals surface area contributed by atoms with Crippen LogP contribution in [0, 0.1) is 18.3 Å². The topological polar surface area (TPSA) is 23.8 Å². The van der Waals surface area contributed by atoms with Crippen LogP contribution in [0.25, 0.3) is 0 Å². The molecule has 0 aromatic heterocycles. The van der Waals surface area contributed by atoms with E-state index >= 15 is 0 Å². The first-order valence-corrected chi connectivity index (χ1v) is 3.99. The molecular formula is C10H8F3N. The Morgan fingerprint density at radius 3 is 2.50 bits per heavy atom. The van der Waals surface area contributed by atoms with Gasteiger partial charge in [0.05, 0.1) is 18.1 Å². The summed E-state index contributed by atoms with van der Waals surface area (Å²) in [7, 11) is 0. The molecule has 0 saturated heterocycles. The van der Waals surface area contributed by atoms with E-state index in [0.29, 0.717) is 11.1 Å². The van der Waals surface area contributed by atoms with E-state index in [1.54, 1.807) is 6.92 Å². The van der Waals surface area contributed by atoms with Crippen molar-refractivity contribution < 1.29 is 13.2 Å². The number of nitrogens with zero attached hydrogens (tertiary/aromatic N) is 1. The highest BCUT2D eigenvalue weighted by atomic mass is 19.4. The first kappa shape index (κ1) is 10.6. The van der Waals surface area contributed by atoms with E-state index in [4.69, 9.17) is 5.26 Å². The quantitative estimate of drug-likeness (QED) is 0.681. The first-order valence-electron chi connectivity index (χ1n) is 3.99. The highest BCUT2D eigenvalue weighted by Crippen LogP contribution is 2.30. The van der Waals surface area contributed by atoms with Gasteiger partial charge in [-0.3, -0.25) is 0 Å². The van der Waals surface area contributed by atoms with Crippen LogP contribution in [-0.4, -0.2) is 0 Å². The Hall–Kier alpha value is -1.50. The Morgan fingerprint density at radius 2 is 2.00 bits per heavy atom. The van der Waals surface area contributed by atoms with Crippen LogP contribution in [0.2, 0.25) is 0 Å². The molecule has 0 atom stereocenters. The number of alkyl halides is 3. The fourth-order valence-corrected chi connectivity index (χ4v) is 1.12. The van der Waals surface area contributed by atoms with Gasteiger partial charge >= 0.3 is 6.18 Å². The Bertz CT molecular complexity index is 374. The van der Waals surface area contributed by atoms with Gasteiger partial charge in [-0.25, -0.2) is 0 Å². The zero-order chi connectivity index (χ0) is 10.8. The molecule has 4 heteroatoms. The summed E-state index contributed by atoms with van der Waals surface area (Å²) in [6.07, 6.45) is -4.33. The largest absolute Gasteiger partial charge is 0.416 e. The molecule has 0 radical (unpaired) electrons. The SMILES string of the molecule is Cc1ccc(C(F)(F)F)cc1CC#N. The van der Waals surface area contributed by atoms with Gasteiger partial charge in [0.15, 0.2) is 0 Å². The zero-order valence-corrected chi connectivity index (χ0v) is 7.52. The second-order valence-corrected chi connectivity index (χ2v) is 2.97. The number of nitriles is 1. The monoisotopic (exact) mass is 199 g/mol. The number of halogens is 3. The lowest BCUT2D eigenvalue weighted by Gasteiger charge is -2.09. The molecular weight excluding hydrogens is 191 g/mol. The molecule has 0 aliphatic carbocycles. The molecule has 0 heterocycles. The standard InChI is InChI=1S/C10H8F3N/c1-7-2-3-9(10(11,12)13)6-8(7)4-5-14/h2-3,6H,4H2,1H3. The van der Waals surface area contributed by atoms with Crippen LogP contribution in [0.3, 0.4) is 0 Å². The van der Waals surface area contributed by atoms with Crippen LogP contribution < -0.4 is 0 Å². The molecule has 0 aliphatic heterocycles. The maximum Gasteiger partial charge on any atom is 0.416 e. The van der Waals surface area contributed by atoms with E-state index in [1.165, 1.54) is 6.07 Å². The lowest BCUT2D eigenvalue weighted by atomic mass is 10.0. The van der Waals surface area contributed by atoms with Crippen molar-refractivity contribution in [2.24, 2.45) is 0 Å². The summed E-state index contributed by atoms with van der Waals surface area (Å²) in [4.78, 5) is 0. The van der Waals surface area contributed by atoms with Gasteiger partial charge in [-0.15, -0.1) is 0 Å². The third-order valence-electron chi connectivity index (χ3n) is 1.95. The minimum atomic E-state index is -4.34. The van der Waals surface area contributed by atoms with Crippen molar-refractivity contribution >= 4 is 0 Å². The molecule has 0 unspecified atom stereocenters. The van der Waals surface area contributed by atoms with E-state index < -0.39 is 11.7 Å². The normalized spacial score (nSPS) is 11.1. The predicted molar refractivity (Wildman–Crippen MR) is 45.5 cm³/mol. The molecule has 0 saturated carbocycles. The molecule has 1 nitrogen and oxygen atoms in total. The second kappa shape index (κ2) is 3.70. The van der Waals surface area contributed by atoms with Crippen LogP contribution in [0.4, 0.5) is 13.2 Å². The van der Waals surface area contributed by atoms with Crippen LogP contribution >= 0.6 is 0 Å². The third kappa shape index (κ3) is 2.25. The average molecular weight is 199 g/mol. The van der Waals surface area contributed by atoms with Gasteiger partial charge in [-0.05, 0) is 30.2 Å². The molecule has 74 valence electrons. The van der Waals surface area contributed by atoms with Gasteiger partial charge < -0.3 is 0 Å². The summed E-state index contributed by atoms with van der Waals surface area (Å²) in [5.74, 6) is 0. The molecule has 0 fully saturated rings. The average Bonchev–Trinajstić information content (AvgIpc) is 2.07. The summed E-state index contributed by atoms with van der Waals surface area (Å²) in [5, 5.41) is 8.41. The lowest BCUT2D eigenvalue weighted by molar-refractivity contribution is -0.137. The van der Waals surface area contributed by atoms with Crippen LogP contribution in [0.5, 0.6) is 0 Å². The van der Waals surface area contributed by atoms with Crippen LogP contribution in [0.1, 0.15) is 16.7 Å². The van der Waals surface area contributed by atoms with Crippen molar-refractivity contribution in [2.45, 2.75) is 19.5 Å². The number of hydrogen-bond donors (Lipinski definition) is 0. The van der Waals surface area contributed by atoms with Gasteiger partial charge in [-0.1, -0.05) is 6.07 Å². The van der Waals surface area contributed by atoms with E-state index in [0.717, 1.165) is 12.1 Å². The maximum absolute atomic E-state index is 12.3. The Morgan fingerprint density at radius 1 is 1.36 bits per heavy atom. The maximum atomic E-state index is 12.3. The third-order valence-corrected chi connectivity index (χ3v) is 1.95. The molecule has 1 aromatic carbocycles. The summed E-state index contributed by atoms with van der Waals surface area (Å²) >= 11 is 0. The van der Waals surface area contributed by atoms with Crippen molar-refractivity contribution in [2.75, 3.05) is 0 Å². The van der Waals surface area contributed by atoms with E-state index in [-0.39, 0.29) is 6.42 Å². The molecule has 1 aromatic rings. The number of rotatable bonds is 1. The molecule has 0 spiro atoms. The van der Waals surface area contributed by atoms with Gasteiger partial charge in [0.2, 0.25) is 0 Å². The van der Waals surface area contributed by atoms with Crippen molar-refractivity contribution in [1.82, 2.24) is 0 Å². The highest BCUT2D eigenvalue weighted by molar-refractivity contribution is 5.34. The van der Waals surface area contributed by atoms with E-state index in [1.807, 2.05) is 6.07 Å². The second-order valence-electron chi connectivity index (χ2n) is 2.97. The smallest absolute Gasteiger partial charge is 0.198 e. The van der Waals surface area contributed by atoms with E-state index in [9.17, 15) is 13.2 Å². The first-order chi connectivity index (χ1) is 6.45. The number of hydrogen-bond acceptors (Lipinski definition) is 1. The van der Waals surface area contributed by atoms with Crippen LogP contribution in [0.15, 0.2) is 18.2 Å². The number of aryl methyl sites for hydroxylation is 1. The molecule has 0 N–H and O–H groups in total. The van der Waals surface area contributed by atoms with Crippen molar-refractivity contribution in [3.8, 4) is 6.07 Å². The summed E-state index contributed by atoms with van der Waals surface area (Å²) in [6, 6.07) is 5.27. The summed E-state index contributed by atoms with van der Waals surface area (Å²) in [5.41, 5.74) is 0.440. The summed E-state index contributed by atoms with van der Waals surface area (Å²) in [6.45, 7) is 1.69. The zero-order valence-electron chi connectivity index (χ0n) is 7.52. The van der Waals surface area contributed by atoms with E-state index in [2.05, 4.69) is 0 Å².